The fraction of sp³-hybridized carbons (Fsp3) is 0.100. The lowest BCUT2D eigenvalue weighted by Gasteiger charge is -2.12. The number of hydroxylamine groups is 1. The highest BCUT2D eigenvalue weighted by molar-refractivity contribution is 7.47. The van der Waals surface area contributed by atoms with Gasteiger partial charge in [-0.15, -0.1) is 0 Å². The Balaban J connectivity index is 2.60. The number of hydrogen-bond donors (Lipinski definition) is 2. The Labute approximate surface area is 98.4 Å². The molecule has 2 N–H and O–H groups in total. The molecule has 0 spiro atoms. The fourth-order valence-electron chi connectivity index (χ4n) is 0.895. The first-order valence-electron chi connectivity index (χ1n) is 4.63. The molecule has 1 atom stereocenters. The smallest absolute Gasteiger partial charge is 0.403 e. The average molecular weight is 257 g/mol. The Kier molecular flexibility index (Phi) is 4.45. The molecule has 0 aliphatic rings. The van der Waals surface area contributed by atoms with E-state index in [9.17, 15) is 14.3 Å². The Hall–Kier alpha value is -1.62. The summed E-state index contributed by atoms with van der Waals surface area (Å²) in [6, 6.07) is 6.43. The fourth-order valence-corrected chi connectivity index (χ4v) is 1.53. The van der Waals surface area contributed by atoms with Crippen LogP contribution in [0.4, 0.5) is 0 Å². The van der Waals surface area contributed by atoms with Crippen LogP contribution in [0.1, 0.15) is 5.56 Å². The van der Waals surface area contributed by atoms with Gasteiger partial charge in [0.1, 0.15) is 5.75 Å². The summed E-state index contributed by atoms with van der Waals surface area (Å²) in [5.41, 5.74) is 2.69. The van der Waals surface area contributed by atoms with Crippen LogP contribution in [-0.2, 0) is 14.0 Å². The third kappa shape index (κ3) is 4.82. The zero-order valence-corrected chi connectivity index (χ0v) is 10.0. The molecule has 0 bridgehead atoms. The summed E-state index contributed by atoms with van der Waals surface area (Å²) in [6.07, 6.45) is 0.895. The summed E-state index contributed by atoms with van der Waals surface area (Å²) in [4.78, 5) is 20.0. The third-order valence-corrected chi connectivity index (χ3v) is 2.45. The summed E-state index contributed by atoms with van der Waals surface area (Å²) in [5, 5.41) is 0. The summed E-state index contributed by atoms with van der Waals surface area (Å²) in [6.45, 7) is 5.01. The molecule has 0 radical (unpaired) electrons. The summed E-state index contributed by atoms with van der Waals surface area (Å²) >= 11 is 0. The van der Waals surface area contributed by atoms with Gasteiger partial charge in [-0.3, -0.25) is 9.69 Å². The van der Waals surface area contributed by atoms with E-state index in [0.717, 1.165) is 11.6 Å². The lowest BCUT2D eigenvalue weighted by molar-refractivity contribution is -0.123. The van der Waals surface area contributed by atoms with E-state index >= 15 is 0 Å². The molecular weight excluding hydrogens is 245 g/mol. The first-order valence-corrected chi connectivity index (χ1v) is 6.12. The van der Waals surface area contributed by atoms with Crippen LogP contribution in [-0.4, -0.2) is 10.8 Å². The lowest BCUT2D eigenvalue weighted by atomic mass is 10.2. The van der Waals surface area contributed by atoms with Crippen LogP contribution in [0, 0.1) is 6.92 Å². The number of rotatable bonds is 5. The normalized spacial score (nSPS) is 13.5. The Morgan fingerprint density at radius 1 is 1.47 bits per heavy atom. The summed E-state index contributed by atoms with van der Waals surface area (Å²) in [5.74, 6) is -0.582. The van der Waals surface area contributed by atoms with Crippen LogP contribution in [0.3, 0.4) is 0 Å². The second kappa shape index (κ2) is 5.63. The summed E-state index contributed by atoms with van der Waals surface area (Å²) < 4.78 is 20.3. The number of phosphoric acid groups is 1. The van der Waals surface area contributed by atoms with Crippen LogP contribution in [0.25, 0.3) is 0 Å². The SMILES string of the molecule is C=CC(=O)NOP(=O)(O)Oc1ccc(C)cc1. The van der Waals surface area contributed by atoms with Gasteiger partial charge in [0.25, 0.3) is 5.91 Å². The zero-order valence-electron chi connectivity index (χ0n) is 9.12. The molecule has 1 aromatic carbocycles. The molecule has 0 aliphatic carbocycles. The van der Waals surface area contributed by atoms with Gasteiger partial charge in [0.15, 0.2) is 0 Å². The number of nitrogens with one attached hydrogen (secondary N) is 1. The van der Waals surface area contributed by atoms with E-state index in [-0.39, 0.29) is 5.75 Å². The van der Waals surface area contributed by atoms with Crippen molar-refractivity contribution in [3.8, 4) is 5.75 Å². The quantitative estimate of drug-likeness (QED) is 0.476. The minimum Gasteiger partial charge on any atom is -0.403 e. The third-order valence-electron chi connectivity index (χ3n) is 1.69. The molecule has 0 aromatic heterocycles. The van der Waals surface area contributed by atoms with Crippen LogP contribution in [0.2, 0.25) is 0 Å². The largest absolute Gasteiger partial charge is 0.549 e. The number of hydrogen-bond acceptors (Lipinski definition) is 4. The maximum atomic E-state index is 11.4. The average Bonchev–Trinajstić information content (AvgIpc) is 2.29. The molecule has 7 heteroatoms. The van der Waals surface area contributed by atoms with Crippen molar-refractivity contribution in [2.24, 2.45) is 0 Å². The molecule has 1 rings (SSSR count). The molecule has 1 unspecified atom stereocenters. The van der Waals surface area contributed by atoms with Gasteiger partial charge in [-0.05, 0) is 25.1 Å². The van der Waals surface area contributed by atoms with Crippen LogP contribution >= 0.6 is 7.82 Å². The minimum atomic E-state index is -4.38. The Morgan fingerprint density at radius 3 is 2.59 bits per heavy atom. The second-order valence-electron chi connectivity index (χ2n) is 3.13. The summed E-state index contributed by atoms with van der Waals surface area (Å²) in [7, 11) is -4.38. The maximum absolute atomic E-state index is 11.4. The van der Waals surface area contributed by atoms with E-state index in [0.29, 0.717) is 0 Å². The molecule has 1 aromatic rings. The molecule has 6 nitrogen and oxygen atoms in total. The van der Waals surface area contributed by atoms with Crippen molar-refractivity contribution in [2.45, 2.75) is 6.92 Å². The van der Waals surface area contributed by atoms with Gasteiger partial charge >= 0.3 is 7.82 Å². The molecular formula is C10H12NO5P. The number of aryl methyl sites for hydroxylation is 1. The second-order valence-corrected chi connectivity index (χ2v) is 4.44. The number of carbonyl (C=O) groups excluding carboxylic acids is 1. The molecule has 0 saturated carbocycles. The Bertz CT molecular complexity index is 456. The van der Waals surface area contributed by atoms with Gasteiger partial charge in [-0.2, -0.15) is 4.62 Å². The van der Waals surface area contributed by atoms with Crippen molar-refractivity contribution in [2.75, 3.05) is 0 Å². The Morgan fingerprint density at radius 2 is 2.06 bits per heavy atom. The standard InChI is InChI=1S/C10H12NO5P/c1-3-10(12)11-16-17(13,14)15-9-6-4-8(2)5-7-9/h3-7H,1H2,2H3,(H,11,12)(H,13,14). The molecule has 0 heterocycles. The zero-order chi connectivity index (χ0) is 12.9. The lowest BCUT2D eigenvalue weighted by Crippen LogP contribution is -2.20. The van der Waals surface area contributed by atoms with E-state index in [2.05, 4.69) is 11.2 Å². The van der Waals surface area contributed by atoms with E-state index in [1.54, 1.807) is 17.6 Å². The van der Waals surface area contributed by atoms with Crippen molar-refractivity contribution in [1.29, 1.82) is 0 Å². The molecule has 1 amide bonds. The highest BCUT2D eigenvalue weighted by Gasteiger charge is 2.24. The van der Waals surface area contributed by atoms with E-state index in [1.807, 2.05) is 6.92 Å². The topological polar surface area (TPSA) is 84.9 Å². The molecule has 17 heavy (non-hydrogen) atoms. The molecule has 0 saturated heterocycles. The van der Waals surface area contributed by atoms with Crippen molar-refractivity contribution >= 4 is 13.7 Å². The van der Waals surface area contributed by atoms with Crippen molar-refractivity contribution in [3.63, 3.8) is 0 Å². The van der Waals surface area contributed by atoms with Gasteiger partial charge in [-0.25, -0.2) is 10.0 Å². The van der Waals surface area contributed by atoms with Crippen molar-refractivity contribution in [1.82, 2.24) is 5.48 Å². The van der Waals surface area contributed by atoms with Crippen LogP contribution in [0.15, 0.2) is 36.9 Å². The molecule has 92 valence electrons. The van der Waals surface area contributed by atoms with Gasteiger partial charge in [0, 0.05) is 0 Å². The van der Waals surface area contributed by atoms with Gasteiger partial charge < -0.3 is 4.52 Å². The van der Waals surface area contributed by atoms with Gasteiger partial charge in [0.2, 0.25) is 0 Å². The van der Waals surface area contributed by atoms with E-state index in [4.69, 9.17) is 4.52 Å². The van der Waals surface area contributed by atoms with E-state index < -0.39 is 13.7 Å². The number of phosphoric ester groups is 1. The van der Waals surface area contributed by atoms with E-state index in [1.165, 1.54) is 12.1 Å². The maximum Gasteiger partial charge on any atom is 0.549 e. The first kappa shape index (κ1) is 13.4. The van der Waals surface area contributed by atoms with Crippen LogP contribution < -0.4 is 10.0 Å². The van der Waals surface area contributed by atoms with Gasteiger partial charge in [0.05, 0.1) is 0 Å². The monoisotopic (exact) mass is 257 g/mol. The van der Waals surface area contributed by atoms with Gasteiger partial charge in [-0.1, -0.05) is 24.3 Å². The van der Waals surface area contributed by atoms with Crippen LogP contribution in [0.5, 0.6) is 5.75 Å². The van der Waals surface area contributed by atoms with Crippen molar-refractivity contribution < 1.29 is 23.4 Å². The predicted octanol–water partition coefficient (Wildman–Crippen LogP) is 1.71. The number of carbonyl (C=O) groups is 1. The molecule has 0 aliphatic heterocycles. The highest BCUT2D eigenvalue weighted by Crippen LogP contribution is 2.42. The minimum absolute atomic E-state index is 0.161. The highest BCUT2D eigenvalue weighted by atomic mass is 31.2. The number of benzene rings is 1. The number of amides is 1. The predicted molar refractivity (Wildman–Crippen MR) is 61.1 cm³/mol. The first-order chi connectivity index (χ1) is 7.93. The van der Waals surface area contributed by atoms with Crippen molar-refractivity contribution in [3.05, 3.63) is 42.5 Å². The molecule has 0 fully saturated rings.